The topological polar surface area (TPSA) is 23.5 Å². The molecule has 0 aromatic heterocycles. The Balaban J connectivity index is 6.26. The first-order chi connectivity index (χ1) is 10.2. The van der Waals surface area contributed by atoms with Crippen molar-refractivity contribution in [3.05, 3.63) is 0 Å². The third-order valence-corrected chi connectivity index (χ3v) is 5.55. The van der Waals surface area contributed by atoms with E-state index >= 15 is 0 Å². The van der Waals surface area contributed by atoms with Gasteiger partial charge in [0.05, 0.1) is 11.1 Å². The van der Waals surface area contributed by atoms with Crippen molar-refractivity contribution < 1.29 is 5.11 Å². The lowest BCUT2D eigenvalue weighted by Gasteiger charge is -2.60. The highest BCUT2D eigenvalue weighted by molar-refractivity contribution is 5.11. The van der Waals surface area contributed by atoms with Crippen LogP contribution in [0.2, 0.25) is 0 Å². The van der Waals surface area contributed by atoms with Gasteiger partial charge in [-0.3, -0.25) is 4.90 Å². The second kappa shape index (κ2) is 9.27. The van der Waals surface area contributed by atoms with Crippen LogP contribution in [0.15, 0.2) is 0 Å². The maximum atomic E-state index is 11.9. The summed E-state index contributed by atoms with van der Waals surface area (Å²) in [4.78, 5) is 2.62. The predicted molar refractivity (Wildman–Crippen MR) is 99.3 cm³/mol. The van der Waals surface area contributed by atoms with Crippen molar-refractivity contribution in [1.82, 2.24) is 4.90 Å². The van der Waals surface area contributed by atoms with Gasteiger partial charge in [0.1, 0.15) is 0 Å². The molecule has 0 amide bonds. The average Bonchev–Trinajstić information content (AvgIpc) is 2.39. The number of rotatable bonds is 11. The maximum absolute atomic E-state index is 11.9. The highest BCUT2D eigenvalue weighted by atomic mass is 16.3. The second-order valence-electron chi connectivity index (χ2n) is 7.95. The highest BCUT2D eigenvalue weighted by Gasteiger charge is 2.57. The van der Waals surface area contributed by atoms with Crippen molar-refractivity contribution >= 4 is 0 Å². The van der Waals surface area contributed by atoms with Gasteiger partial charge in [0.15, 0.2) is 0 Å². The van der Waals surface area contributed by atoms with E-state index in [1.807, 2.05) is 0 Å². The zero-order valence-electron chi connectivity index (χ0n) is 16.9. The van der Waals surface area contributed by atoms with Crippen LogP contribution in [0.1, 0.15) is 88.0 Å². The normalized spacial score (nSPS) is 16.1. The van der Waals surface area contributed by atoms with Gasteiger partial charge >= 0.3 is 0 Å². The fourth-order valence-corrected chi connectivity index (χ4v) is 5.02. The summed E-state index contributed by atoms with van der Waals surface area (Å²) in [5, 5.41) is 11.9. The van der Waals surface area contributed by atoms with Crippen molar-refractivity contribution in [2.24, 2.45) is 17.8 Å². The number of hydrogen-bond donors (Lipinski definition) is 1. The van der Waals surface area contributed by atoms with Crippen molar-refractivity contribution in [3.63, 3.8) is 0 Å². The molecule has 0 aliphatic heterocycles. The molecule has 0 heterocycles. The fraction of sp³-hybridized carbons (Fsp3) is 1.00. The summed E-state index contributed by atoms with van der Waals surface area (Å²) < 4.78 is 0. The molecule has 0 saturated heterocycles. The van der Waals surface area contributed by atoms with Crippen LogP contribution < -0.4 is 0 Å². The summed E-state index contributed by atoms with van der Waals surface area (Å²) >= 11 is 0. The molecule has 0 aromatic carbocycles. The van der Waals surface area contributed by atoms with Crippen molar-refractivity contribution in [2.75, 3.05) is 13.1 Å². The van der Waals surface area contributed by atoms with Gasteiger partial charge in [-0.1, -0.05) is 68.7 Å². The minimum atomic E-state index is -0.644. The molecule has 0 fully saturated rings. The van der Waals surface area contributed by atoms with Crippen LogP contribution in [0.4, 0.5) is 0 Å². The summed E-state index contributed by atoms with van der Waals surface area (Å²) in [6.45, 7) is 22.5. The average molecular weight is 314 g/mol. The summed E-state index contributed by atoms with van der Waals surface area (Å²) in [5.74, 6) is 1.10. The van der Waals surface area contributed by atoms with E-state index in [9.17, 15) is 5.11 Å². The Morgan fingerprint density at radius 2 is 1.14 bits per heavy atom. The lowest BCUT2D eigenvalue weighted by molar-refractivity contribution is -0.187. The largest absolute Gasteiger partial charge is 0.388 e. The quantitative estimate of drug-likeness (QED) is 0.556. The first kappa shape index (κ1) is 21.9. The highest BCUT2D eigenvalue weighted by Crippen LogP contribution is 2.48. The third-order valence-electron chi connectivity index (χ3n) is 5.55. The molecule has 1 atom stereocenters. The van der Waals surface area contributed by atoms with Crippen LogP contribution in [-0.4, -0.2) is 34.2 Å². The molecule has 22 heavy (non-hydrogen) atoms. The second-order valence-corrected chi connectivity index (χ2v) is 7.95. The molecule has 0 aromatic rings. The molecule has 0 bridgehead atoms. The fourth-order valence-electron chi connectivity index (χ4n) is 5.02. The lowest BCUT2D eigenvalue weighted by atomic mass is 9.59. The van der Waals surface area contributed by atoms with E-state index < -0.39 is 5.60 Å². The SMILES string of the molecule is CCCN(CCC)C(C(C)C)(C(C)C)C(O)(CCC)C(C)C. The van der Waals surface area contributed by atoms with Gasteiger partial charge in [-0.25, -0.2) is 0 Å². The van der Waals surface area contributed by atoms with Gasteiger partial charge in [0.2, 0.25) is 0 Å². The smallest absolute Gasteiger partial charge is 0.0858 e. The number of nitrogens with zero attached hydrogens (tertiary/aromatic N) is 1. The minimum absolute atomic E-state index is 0.163. The molecule has 0 saturated carbocycles. The monoisotopic (exact) mass is 313 g/mol. The van der Waals surface area contributed by atoms with Gasteiger partial charge in [-0.05, 0) is 50.1 Å². The summed E-state index contributed by atoms with van der Waals surface area (Å²) in [5.41, 5.74) is -0.808. The Bertz CT molecular complexity index is 284. The van der Waals surface area contributed by atoms with Crippen LogP contribution in [0, 0.1) is 17.8 Å². The molecular weight excluding hydrogens is 270 g/mol. The zero-order chi connectivity index (χ0) is 17.6. The summed E-state index contributed by atoms with van der Waals surface area (Å²) in [7, 11) is 0. The van der Waals surface area contributed by atoms with Gasteiger partial charge in [-0.15, -0.1) is 0 Å². The Kier molecular flexibility index (Phi) is 9.24. The zero-order valence-corrected chi connectivity index (χ0v) is 16.9. The molecular formula is C20H43NO. The lowest BCUT2D eigenvalue weighted by Crippen LogP contribution is -2.72. The van der Waals surface area contributed by atoms with Crippen LogP contribution in [0.5, 0.6) is 0 Å². The molecule has 2 nitrogen and oxygen atoms in total. The number of aliphatic hydroxyl groups is 1. The first-order valence-corrected chi connectivity index (χ1v) is 9.63. The first-order valence-electron chi connectivity index (χ1n) is 9.63. The van der Waals surface area contributed by atoms with E-state index in [0.717, 1.165) is 38.8 Å². The van der Waals surface area contributed by atoms with Crippen LogP contribution >= 0.6 is 0 Å². The molecule has 0 radical (unpaired) electrons. The van der Waals surface area contributed by atoms with Crippen LogP contribution in [0.3, 0.4) is 0 Å². The van der Waals surface area contributed by atoms with E-state index in [0.29, 0.717) is 11.8 Å². The van der Waals surface area contributed by atoms with Crippen LogP contribution in [-0.2, 0) is 0 Å². The van der Waals surface area contributed by atoms with E-state index in [2.05, 4.69) is 67.2 Å². The Labute approximate surface area is 140 Å². The van der Waals surface area contributed by atoms with Gasteiger partial charge < -0.3 is 5.11 Å². The molecule has 0 aliphatic rings. The van der Waals surface area contributed by atoms with E-state index in [-0.39, 0.29) is 11.5 Å². The summed E-state index contributed by atoms with van der Waals surface area (Å²) in [6.07, 6.45) is 4.19. The Morgan fingerprint density at radius 1 is 0.727 bits per heavy atom. The predicted octanol–water partition coefficient (Wildman–Crippen LogP) is 5.35. The Morgan fingerprint density at radius 3 is 1.36 bits per heavy atom. The molecule has 1 N–H and O–H groups in total. The standard InChI is InChI=1S/C20H43NO/c1-10-13-19(22,16(4)5)20(17(6)7,18(8)9)21(14-11-2)15-12-3/h16-18,22H,10-15H2,1-9H3. The molecule has 2 heteroatoms. The van der Waals surface area contributed by atoms with E-state index in [1.54, 1.807) is 0 Å². The molecule has 1 unspecified atom stereocenters. The molecule has 0 spiro atoms. The van der Waals surface area contributed by atoms with Crippen molar-refractivity contribution in [2.45, 2.75) is 99.1 Å². The van der Waals surface area contributed by atoms with E-state index in [4.69, 9.17) is 0 Å². The van der Waals surface area contributed by atoms with Gasteiger partial charge in [0, 0.05) is 0 Å². The number of hydrogen-bond acceptors (Lipinski definition) is 2. The molecule has 0 aliphatic carbocycles. The molecule has 134 valence electrons. The third kappa shape index (κ3) is 3.87. The maximum Gasteiger partial charge on any atom is 0.0858 e. The minimum Gasteiger partial charge on any atom is -0.388 e. The molecule has 0 rings (SSSR count). The van der Waals surface area contributed by atoms with Crippen molar-refractivity contribution in [3.8, 4) is 0 Å². The van der Waals surface area contributed by atoms with Crippen molar-refractivity contribution in [1.29, 1.82) is 0 Å². The van der Waals surface area contributed by atoms with Gasteiger partial charge in [-0.2, -0.15) is 0 Å². The van der Waals surface area contributed by atoms with Crippen LogP contribution in [0.25, 0.3) is 0 Å². The Hall–Kier alpha value is -0.0800. The summed E-state index contributed by atoms with van der Waals surface area (Å²) in [6, 6.07) is 0. The van der Waals surface area contributed by atoms with E-state index in [1.165, 1.54) is 0 Å². The van der Waals surface area contributed by atoms with Gasteiger partial charge in [0.25, 0.3) is 0 Å².